The number of rotatable bonds is 11. The van der Waals surface area contributed by atoms with Gasteiger partial charge in [-0.15, -0.1) is 0 Å². The van der Waals surface area contributed by atoms with Gasteiger partial charge in [0.05, 0.1) is 18.9 Å². The maximum absolute atomic E-state index is 9.17. The van der Waals surface area contributed by atoms with Gasteiger partial charge in [0.1, 0.15) is 12.4 Å². The van der Waals surface area contributed by atoms with E-state index in [1.165, 1.54) is 0 Å². The average molecular weight is 327 g/mol. The third kappa shape index (κ3) is 8.71. The molecule has 0 aliphatic carbocycles. The number of hydrogen-bond acceptors (Lipinski definition) is 6. The zero-order valence-corrected chi connectivity index (χ0v) is 14.1. The summed E-state index contributed by atoms with van der Waals surface area (Å²) in [4.78, 5) is 8.61. The normalized spacial score (nSPS) is 11.9. The van der Waals surface area contributed by atoms with Crippen LogP contribution in [-0.2, 0) is 4.74 Å². The van der Waals surface area contributed by atoms with Gasteiger partial charge < -0.3 is 19.9 Å². The van der Waals surface area contributed by atoms with E-state index >= 15 is 0 Å². The molecule has 0 bridgehead atoms. The lowest BCUT2D eigenvalue weighted by Gasteiger charge is -2.20. The van der Waals surface area contributed by atoms with Crippen LogP contribution in [0.15, 0.2) is 6.20 Å². The first-order chi connectivity index (χ1) is 10.6. The van der Waals surface area contributed by atoms with Gasteiger partial charge in [-0.25, -0.2) is 9.97 Å². The molecular weight excluding hydrogens is 294 g/mol. The Balaban J connectivity index is 0.00000484. The van der Waals surface area contributed by atoms with E-state index in [0.29, 0.717) is 37.0 Å². The van der Waals surface area contributed by atoms with E-state index in [1.807, 2.05) is 20.8 Å². The van der Waals surface area contributed by atoms with Crippen LogP contribution in [-0.4, -0.2) is 47.0 Å². The molecule has 2 N–H and O–H groups in total. The topological polar surface area (TPSA) is 76.5 Å². The van der Waals surface area contributed by atoms with Crippen molar-refractivity contribution in [1.29, 1.82) is 0 Å². The van der Waals surface area contributed by atoms with E-state index < -0.39 is 0 Å². The minimum Gasteiger partial charge on any atom is -0.486 e. The van der Waals surface area contributed by atoms with Crippen LogP contribution >= 0.6 is 0 Å². The lowest BCUT2D eigenvalue weighted by Crippen LogP contribution is -2.22. The molecule has 6 heteroatoms. The monoisotopic (exact) mass is 327 g/mol. The molecule has 1 atom stereocenters. The van der Waals surface area contributed by atoms with Crippen LogP contribution in [0.3, 0.4) is 0 Å². The molecule has 1 heterocycles. The predicted octanol–water partition coefficient (Wildman–Crippen LogP) is 3.19. The number of hydrogen-bond donors (Lipinski definition) is 2. The fraction of sp³-hybridized carbons (Fsp3) is 0.765. The zero-order valence-electron chi connectivity index (χ0n) is 14.1. The highest BCUT2D eigenvalue weighted by atomic mass is 16.5. The fourth-order valence-corrected chi connectivity index (χ4v) is 2.09. The van der Waals surface area contributed by atoms with Crippen molar-refractivity contribution in [2.45, 2.75) is 66.5 Å². The third-order valence-corrected chi connectivity index (χ3v) is 3.12. The van der Waals surface area contributed by atoms with E-state index in [0.717, 1.165) is 12.8 Å². The summed E-state index contributed by atoms with van der Waals surface area (Å²) < 4.78 is 11.2. The SMILES string of the molecule is C.CCCC(CCO)Nc1nc(C)ncc1OCCOC(C)C. The van der Waals surface area contributed by atoms with Crippen LogP contribution < -0.4 is 10.1 Å². The number of anilines is 1. The van der Waals surface area contributed by atoms with Crippen molar-refractivity contribution in [1.82, 2.24) is 9.97 Å². The Kier molecular flexibility index (Phi) is 11.3. The van der Waals surface area contributed by atoms with E-state index in [4.69, 9.17) is 14.6 Å². The molecule has 0 aliphatic heterocycles. The van der Waals surface area contributed by atoms with Crippen molar-refractivity contribution in [3.63, 3.8) is 0 Å². The molecule has 0 saturated carbocycles. The molecule has 0 spiro atoms. The zero-order chi connectivity index (χ0) is 16.4. The maximum atomic E-state index is 9.17. The molecule has 134 valence electrons. The molecule has 6 nitrogen and oxygen atoms in total. The van der Waals surface area contributed by atoms with Crippen molar-refractivity contribution >= 4 is 5.82 Å². The van der Waals surface area contributed by atoms with Crippen LogP contribution in [0.2, 0.25) is 0 Å². The van der Waals surface area contributed by atoms with Gasteiger partial charge in [0.2, 0.25) is 0 Å². The second-order valence-electron chi connectivity index (χ2n) is 5.54. The van der Waals surface area contributed by atoms with Crippen molar-refractivity contribution in [2.75, 3.05) is 25.1 Å². The molecule has 0 fully saturated rings. The maximum Gasteiger partial charge on any atom is 0.179 e. The lowest BCUT2D eigenvalue weighted by molar-refractivity contribution is 0.0552. The van der Waals surface area contributed by atoms with Gasteiger partial charge in [-0.05, 0) is 33.6 Å². The Labute approximate surface area is 140 Å². The van der Waals surface area contributed by atoms with Crippen molar-refractivity contribution in [3.05, 3.63) is 12.0 Å². The number of aryl methyl sites for hydroxylation is 1. The Morgan fingerprint density at radius 2 is 2.00 bits per heavy atom. The van der Waals surface area contributed by atoms with Gasteiger partial charge in [-0.3, -0.25) is 0 Å². The molecule has 1 rings (SSSR count). The molecule has 0 amide bonds. The standard InChI is InChI=1S/C16H29N3O3.CH4/c1-5-6-14(7-8-20)19-16-15(11-17-13(4)18-16)22-10-9-21-12(2)3;/h11-12,14,20H,5-10H2,1-4H3,(H,17,18,19);1H4. The van der Waals surface area contributed by atoms with Crippen LogP contribution in [0.4, 0.5) is 5.82 Å². The number of ether oxygens (including phenoxy) is 2. The van der Waals surface area contributed by atoms with E-state index in [1.54, 1.807) is 6.20 Å². The van der Waals surface area contributed by atoms with Gasteiger partial charge in [-0.2, -0.15) is 0 Å². The van der Waals surface area contributed by atoms with Crippen molar-refractivity contribution in [3.8, 4) is 5.75 Å². The molecular formula is C17H33N3O3. The fourth-order valence-electron chi connectivity index (χ4n) is 2.09. The summed E-state index contributed by atoms with van der Waals surface area (Å²) in [6.45, 7) is 9.09. The summed E-state index contributed by atoms with van der Waals surface area (Å²) >= 11 is 0. The molecule has 0 aliphatic rings. The largest absolute Gasteiger partial charge is 0.486 e. The smallest absolute Gasteiger partial charge is 0.179 e. The predicted molar refractivity (Wildman–Crippen MR) is 94.1 cm³/mol. The second kappa shape index (κ2) is 12.1. The van der Waals surface area contributed by atoms with Crippen molar-refractivity contribution in [2.24, 2.45) is 0 Å². The van der Waals surface area contributed by atoms with Gasteiger partial charge in [-0.1, -0.05) is 20.8 Å². The minimum atomic E-state index is 0. The summed E-state index contributed by atoms with van der Waals surface area (Å²) in [7, 11) is 0. The number of aliphatic hydroxyl groups excluding tert-OH is 1. The van der Waals surface area contributed by atoms with Crippen LogP contribution in [0, 0.1) is 6.92 Å². The number of aliphatic hydroxyl groups is 1. The Bertz CT molecular complexity index is 422. The van der Waals surface area contributed by atoms with E-state index in [-0.39, 0.29) is 26.2 Å². The number of nitrogens with zero attached hydrogens (tertiary/aromatic N) is 2. The molecule has 0 aromatic carbocycles. The summed E-state index contributed by atoms with van der Waals surface area (Å²) in [5.41, 5.74) is 0. The lowest BCUT2D eigenvalue weighted by atomic mass is 10.1. The highest BCUT2D eigenvalue weighted by Crippen LogP contribution is 2.23. The second-order valence-corrected chi connectivity index (χ2v) is 5.54. The number of nitrogens with one attached hydrogen (secondary N) is 1. The Morgan fingerprint density at radius 3 is 2.61 bits per heavy atom. The van der Waals surface area contributed by atoms with Crippen LogP contribution in [0.1, 0.15) is 53.3 Å². The molecule has 0 saturated heterocycles. The van der Waals surface area contributed by atoms with E-state index in [9.17, 15) is 0 Å². The van der Waals surface area contributed by atoms with Gasteiger partial charge in [0.25, 0.3) is 0 Å². The number of aromatic nitrogens is 2. The highest BCUT2D eigenvalue weighted by Gasteiger charge is 2.13. The third-order valence-electron chi connectivity index (χ3n) is 3.12. The van der Waals surface area contributed by atoms with Gasteiger partial charge in [0.15, 0.2) is 11.6 Å². The summed E-state index contributed by atoms with van der Waals surface area (Å²) in [6.07, 6.45) is 4.57. The minimum absolute atomic E-state index is 0. The molecule has 1 unspecified atom stereocenters. The van der Waals surface area contributed by atoms with Crippen molar-refractivity contribution < 1.29 is 14.6 Å². The first-order valence-corrected chi connectivity index (χ1v) is 8.02. The summed E-state index contributed by atoms with van der Waals surface area (Å²) in [5, 5.41) is 12.5. The van der Waals surface area contributed by atoms with E-state index in [2.05, 4.69) is 22.2 Å². The quantitative estimate of drug-likeness (QED) is 0.608. The first-order valence-electron chi connectivity index (χ1n) is 8.02. The molecule has 0 radical (unpaired) electrons. The van der Waals surface area contributed by atoms with Gasteiger partial charge in [0, 0.05) is 12.6 Å². The Morgan fingerprint density at radius 1 is 1.26 bits per heavy atom. The molecule has 1 aromatic heterocycles. The van der Waals surface area contributed by atoms with Gasteiger partial charge >= 0.3 is 0 Å². The van der Waals surface area contributed by atoms with Crippen LogP contribution in [0.25, 0.3) is 0 Å². The first kappa shape index (κ1) is 21.6. The summed E-state index contributed by atoms with van der Waals surface area (Å²) in [6, 6.07) is 0.179. The summed E-state index contributed by atoms with van der Waals surface area (Å²) in [5.74, 6) is 1.99. The highest BCUT2D eigenvalue weighted by molar-refractivity contribution is 5.49. The molecule has 1 aromatic rings. The van der Waals surface area contributed by atoms with Crippen LogP contribution in [0.5, 0.6) is 5.75 Å². The Hall–Kier alpha value is -1.40. The average Bonchev–Trinajstić information content (AvgIpc) is 2.45. The molecule has 23 heavy (non-hydrogen) atoms.